The smallest absolute Gasteiger partial charge is 0.321 e. The first-order valence-electron chi connectivity index (χ1n) is 9.55. The zero-order chi connectivity index (χ0) is 22.4. The third-order valence-electron chi connectivity index (χ3n) is 4.37. The number of sulfonamides is 1. The van der Waals surface area contributed by atoms with Crippen molar-refractivity contribution in [2.45, 2.75) is 39.2 Å². The first-order chi connectivity index (χ1) is 14.0. The molecule has 1 N–H and O–H groups in total. The Kier molecular flexibility index (Phi) is 7.70. The third kappa shape index (κ3) is 7.24. The van der Waals surface area contributed by atoms with E-state index in [1.54, 1.807) is 36.4 Å². The fraction of sp³-hybridized carbons (Fsp3) is 0.304. The van der Waals surface area contributed by atoms with Crippen molar-refractivity contribution in [3.63, 3.8) is 0 Å². The van der Waals surface area contributed by atoms with E-state index in [1.807, 2.05) is 18.2 Å². The number of hydrogen-bond acceptors (Lipinski definition) is 5. The molecular weight excluding hydrogens is 402 g/mol. The Morgan fingerprint density at radius 1 is 1.03 bits per heavy atom. The second-order valence-corrected chi connectivity index (χ2v) is 9.55. The maximum absolute atomic E-state index is 12.5. The van der Waals surface area contributed by atoms with E-state index in [0.29, 0.717) is 11.1 Å². The van der Waals surface area contributed by atoms with Gasteiger partial charge in [-0.25, -0.2) is 13.1 Å². The molecule has 1 atom stereocenters. The van der Waals surface area contributed by atoms with Crippen molar-refractivity contribution < 1.29 is 22.7 Å². The number of esters is 1. The number of ketones is 1. The molecule has 1 unspecified atom stereocenters. The second kappa shape index (κ2) is 9.82. The molecule has 0 saturated carbocycles. The number of carbonyl (C=O) groups is 2. The minimum atomic E-state index is -3.82. The van der Waals surface area contributed by atoms with Gasteiger partial charge in [-0.15, -0.1) is 0 Å². The SMILES string of the molecule is CC(OC(=O)CNS(=O)(=O)C=Cc1ccccc1)C(=O)c1ccc(C(C)(C)C)cc1. The van der Waals surface area contributed by atoms with E-state index in [1.165, 1.54) is 13.0 Å². The topological polar surface area (TPSA) is 89.5 Å². The third-order valence-corrected chi connectivity index (χ3v) is 5.41. The molecule has 0 heterocycles. The van der Waals surface area contributed by atoms with Crippen LogP contribution >= 0.6 is 0 Å². The Morgan fingerprint density at radius 3 is 2.20 bits per heavy atom. The fourth-order valence-electron chi connectivity index (χ4n) is 2.60. The highest BCUT2D eigenvalue weighted by atomic mass is 32.2. The maximum Gasteiger partial charge on any atom is 0.321 e. The molecule has 0 aliphatic carbocycles. The summed E-state index contributed by atoms with van der Waals surface area (Å²) in [7, 11) is -3.82. The van der Waals surface area contributed by atoms with Gasteiger partial charge in [0.15, 0.2) is 6.10 Å². The summed E-state index contributed by atoms with van der Waals surface area (Å²) in [4.78, 5) is 24.4. The lowest BCUT2D eigenvalue weighted by Gasteiger charge is -2.19. The van der Waals surface area contributed by atoms with E-state index in [-0.39, 0.29) is 11.2 Å². The minimum Gasteiger partial charge on any atom is -0.453 e. The number of Topliss-reactive ketones (excluding diaryl/α,β-unsaturated/α-hetero) is 1. The minimum absolute atomic E-state index is 0.0359. The van der Waals surface area contributed by atoms with Crippen molar-refractivity contribution in [3.8, 4) is 0 Å². The fourth-order valence-corrected chi connectivity index (χ4v) is 3.35. The van der Waals surface area contributed by atoms with Crippen LogP contribution in [0, 0.1) is 0 Å². The van der Waals surface area contributed by atoms with Crippen molar-refractivity contribution in [2.24, 2.45) is 0 Å². The van der Waals surface area contributed by atoms with E-state index < -0.39 is 28.6 Å². The normalized spacial score (nSPS) is 13.2. The quantitative estimate of drug-likeness (QED) is 0.511. The van der Waals surface area contributed by atoms with Crippen LogP contribution in [-0.2, 0) is 25.0 Å². The van der Waals surface area contributed by atoms with Gasteiger partial charge in [-0.05, 0) is 29.5 Å². The van der Waals surface area contributed by atoms with Gasteiger partial charge in [-0.2, -0.15) is 0 Å². The van der Waals surface area contributed by atoms with Gasteiger partial charge in [0.1, 0.15) is 6.54 Å². The molecule has 0 aliphatic heterocycles. The molecule has 0 aromatic heterocycles. The Balaban J connectivity index is 1.89. The van der Waals surface area contributed by atoms with E-state index in [2.05, 4.69) is 25.5 Å². The summed E-state index contributed by atoms with van der Waals surface area (Å²) in [6.45, 7) is 7.11. The van der Waals surface area contributed by atoms with Crippen molar-refractivity contribution >= 4 is 27.9 Å². The van der Waals surface area contributed by atoms with Crippen LogP contribution in [0.15, 0.2) is 60.0 Å². The van der Waals surface area contributed by atoms with Gasteiger partial charge in [0.2, 0.25) is 15.8 Å². The molecular formula is C23H27NO5S. The molecule has 0 saturated heterocycles. The van der Waals surface area contributed by atoms with Gasteiger partial charge in [0.05, 0.1) is 0 Å². The number of hydrogen-bond donors (Lipinski definition) is 1. The second-order valence-electron chi connectivity index (χ2n) is 7.90. The molecule has 2 aromatic rings. The highest BCUT2D eigenvalue weighted by molar-refractivity contribution is 7.92. The van der Waals surface area contributed by atoms with Gasteiger partial charge in [-0.1, -0.05) is 75.4 Å². The van der Waals surface area contributed by atoms with Gasteiger partial charge >= 0.3 is 5.97 Å². The molecule has 0 aliphatic rings. The van der Waals surface area contributed by atoms with Gasteiger partial charge in [0.25, 0.3) is 0 Å². The summed E-state index contributed by atoms with van der Waals surface area (Å²) >= 11 is 0. The van der Waals surface area contributed by atoms with Crippen molar-refractivity contribution in [1.29, 1.82) is 0 Å². The molecule has 0 amide bonds. The summed E-state index contributed by atoms with van der Waals surface area (Å²) in [6, 6.07) is 16.0. The average molecular weight is 430 g/mol. The summed E-state index contributed by atoms with van der Waals surface area (Å²) < 4.78 is 31.2. The molecule has 160 valence electrons. The molecule has 2 rings (SSSR count). The Morgan fingerprint density at radius 2 is 1.63 bits per heavy atom. The molecule has 0 radical (unpaired) electrons. The summed E-state index contributed by atoms with van der Waals surface area (Å²) in [5.41, 5.74) is 2.18. The number of rotatable bonds is 8. The molecule has 0 fully saturated rings. The first-order valence-corrected chi connectivity index (χ1v) is 11.1. The van der Waals surface area contributed by atoms with Gasteiger partial charge in [-0.3, -0.25) is 9.59 Å². The number of ether oxygens (including phenoxy) is 1. The zero-order valence-electron chi connectivity index (χ0n) is 17.6. The zero-order valence-corrected chi connectivity index (χ0v) is 18.4. The van der Waals surface area contributed by atoms with E-state index >= 15 is 0 Å². The molecule has 30 heavy (non-hydrogen) atoms. The van der Waals surface area contributed by atoms with Crippen molar-refractivity contribution in [3.05, 3.63) is 76.7 Å². The number of nitrogens with one attached hydrogen (secondary N) is 1. The standard InChI is InChI=1S/C23H27NO5S/c1-17(22(26)19-10-12-20(13-11-19)23(2,3)4)29-21(25)16-24-30(27,28)15-14-18-8-6-5-7-9-18/h5-15,17,24H,16H2,1-4H3. The van der Waals surface area contributed by atoms with Crippen LogP contribution in [0.2, 0.25) is 0 Å². The van der Waals surface area contributed by atoms with Crippen LogP contribution in [0.1, 0.15) is 49.2 Å². The summed E-state index contributed by atoms with van der Waals surface area (Å²) in [5, 5.41) is 0.973. The van der Waals surface area contributed by atoms with E-state index in [0.717, 1.165) is 11.0 Å². The number of carbonyl (C=O) groups excluding carboxylic acids is 2. The molecule has 0 bridgehead atoms. The van der Waals surface area contributed by atoms with Crippen LogP contribution in [0.3, 0.4) is 0 Å². The lowest BCUT2D eigenvalue weighted by molar-refractivity contribution is -0.144. The summed E-state index contributed by atoms with van der Waals surface area (Å²) in [6.07, 6.45) is 0.392. The van der Waals surface area contributed by atoms with Crippen LogP contribution < -0.4 is 4.72 Å². The molecule has 6 nitrogen and oxygen atoms in total. The van der Waals surface area contributed by atoms with Crippen molar-refractivity contribution in [1.82, 2.24) is 4.72 Å². The molecule has 7 heteroatoms. The Labute approximate surface area is 178 Å². The Hall–Kier alpha value is -2.77. The van der Waals surface area contributed by atoms with E-state index in [9.17, 15) is 18.0 Å². The van der Waals surface area contributed by atoms with Crippen LogP contribution in [0.5, 0.6) is 0 Å². The van der Waals surface area contributed by atoms with Gasteiger partial charge in [0, 0.05) is 11.0 Å². The molecule has 0 spiro atoms. The van der Waals surface area contributed by atoms with E-state index in [4.69, 9.17) is 4.74 Å². The van der Waals surface area contributed by atoms with Gasteiger partial charge < -0.3 is 4.74 Å². The maximum atomic E-state index is 12.5. The predicted molar refractivity (Wildman–Crippen MR) is 117 cm³/mol. The van der Waals surface area contributed by atoms with Crippen LogP contribution in [-0.4, -0.2) is 32.8 Å². The molecule has 2 aromatic carbocycles. The lowest BCUT2D eigenvalue weighted by Crippen LogP contribution is -2.33. The van der Waals surface area contributed by atoms with Crippen LogP contribution in [0.4, 0.5) is 0 Å². The largest absolute Gasteiger partial charge is 0.453 e. The first kappa shape index (κ1) is 23.5. The van der Waals surface area contributed by atoms with Crippen molar-refractivity contribution in [2.75, 3.05) is 6.54 Å². The lowest BCUT2D eigenvalue weighted by atomic mass is 9.86. The predicted octanol–water partition coefficient (Wildman–Crippen LogP) is 3.69. The highest BCUT2D eigenvalue weighted by Gasteiger charge is 2.21. The Bertz CT molecular complexity index is 1000. The average Bonchev–Trinajstić information content (AvgIpc) is 2.70. The number of benzene rings is 2. The summed E-state index contributed by atoms with van der Waals surface area (Å²) in [5.74, 6) is -1.19. The monoisotopic (exact) mass is 429 g/mol. The highest BCUT2D eigenvalue weighted by Crippen LogP contribution is 2.22. The van der Waals surface area contributed by atoms with Crippen LogP contribution in [0.25, 0.3) is 6.08 Å².